The van der Waals surface area contributed by atoms with Gasteiger partial charge in [-0.2, -0.15) is 13.2 Å². The predicted octanol–water partition coefficient (Wildman–Crippen LogP) is 4.83. The quantitative estimate of drug-likeness (QED) is 0.658. The SMILES string of the molecule is Cc1ccc(NC(=O)O)c(-c2ccc(F)c(C)c2)c1.O=C(O)C(F)(F)F. The van der Waals surface area contributed by atoms with Gasteiger partial charge in [0, 0.05) is 5.56 Å². The molecule has 26 heavy (non-hydrogen) atoms. The van der Waals surface area contributed by atoms with E-state index in [-0.39, 0.29) is 5.82 Å². The van der Waals surface area contributed by atoms with Gasteiger partial charge in [-0.15, -0.1) is 0 Å². The second-order valence-electron chi connectivity index (χ2n) is 5.25. The largest absolute Gasteiger partial charge is 0.490 e. The van der Waals surface area contributed by atoms with Gasteiger partial charge in [-0.1, -0.05) is 17.7 Å². The number of alkyl halides is 3. The summed E-state index contributed by atoms with van der Waals surface area (Å²) in [5, 5.41) is 18.3. The Morgan fingerprint density at radius 2 is 1.58 bits per heavy atom. The summed E-state index contributed by atoms with van der Waals surface area (Å²) in [5.74, 6) is -3.03. The molecule has 2 aromatic carbocycles. The number of rotatable bonds is 2. The van der Waals surface area contributed by atoms with Crippen LogP contribution in [-0.2, 0) is 4.79 Å². The number of hydrogen-bond donors (Lipinski definition) is 3. The van der Waals surface area contributed by atoms with Gasteiger partial charge in [0.25, 0.3) is 0 Å². The fraction of sp³-hybridized carbons (Fsp3) is 0.176. The van der Waals surface area contributed by atoms with Gasteiger partial charge in [0.1, 0.15) is 5.82 Å². The molecule has 9 heteroatoms. The smallest absolute Gasteiger partial charge is 0.475 e. The third-order valence-corrected chi connectivity index (χ3v) is 3.13. The molecular formula is C17H15F4NO4. The highest BCUT2D eigenvalue weighted by Crippen LogP contribution is 2.30. The minimum atomic E-state index is -5.08. The summed E-state index contributed by atoms with van der Waals surface area (Å²) in [4.78, 5) is 19.7. The van der Waals surface area contributed by atoms with Crippen molar-refractivity contribution >= 4 is 17.7 Å². The van der Waals surface area contributed by atoms with Gasteiger partial charge in [-0.25, -0.2) is 14.0 Å². The number of amides is 1. The topological polar surface area (TPSA) is 86.6 Å². The zero-order valence-electron chi connectivity index (χ0n) is 13.7. The van der Waals surface area contributed by atoms with Crippen molar-refractivity contribution in [1.29, 1.82) is 0 Å². The Kier molecular flexibility index (Phi) is 6.71. The van der Waals surface area contributed by atoms with Crippen LogP contribution in [-0.4, -0.2) is 28.5 Å². The van der Waals surface area contributed by atoms with Crippen molar-refractivity contribution in [3.05, 3.63) is 53.3 Å². The van der Waals surface area contributed by atoms with Crippen LogP contribution in [0.25, 0.3) is 11.1 Å². The Morgan fingerprint density at radius 1 is 1.00 bits per heavy atom. The van der Waals surface area contributed by atoms with Crippen LogP contribution in [0.4, 0.5) is 28.0 Å². The molecule has 0 atom stereocenters. The summed E-state index contributed by atoms with van der Waals surface area (Å²) in [5.41, 5.74) is 3.55. The molecule has 0 spiro atoms. The summed E-state index contributed by atoms with van der Waals surface area (Å²) in [6.45, 7) is 3.60. The molecule has 140 valence electrons. The van der Waals surface area contributed by atoms with Crippen LogP contribution < -0.4 is 5.32 Å². The molecule has 2 rings (SSSR count). The lowest BCUT2D eigenvalue weighted by molar-refractivity contribution is -0.192. The average Bonchev–Trinajstić information content (AvgIpc) is 2.51. The van der Waals surface area contributed by atoms with Gasteiger partial charge in [0.05, 0.1) is 5.69 Å². The van der Waals surface area contributed by atoms with E-state index in [4.69, 9.17) is 15.0 Å². The Balaban J connectivity index is 0.000000412. The molecule has 0 unspecified atom stereocenters. The first-order chi connectivity index (χ1) is 11.9. The number of aliphatic carboxylic acids is 1. The number of carboxylic acid groups (broad SMARTS) is 2. The van der Waals surface area contributed by atoms with Crippen LogP contribution in [0.2, 0.25) is 0 Å². The van der Waals surface area contributed by atoms with Crippen molar-refractivity contribution in [2.75, 3.05) is 5.32 Å². The number of anilines is 1. The van der Waals surface area contributed by atoms with Crippen LogP contribution in [0.1, 0.15) is 11.1 Å². The van der Waals surface area contributed by atoms with E-state index < -0.39 is 18.2 Å². The van der Waals surface area contributed by atoms with E-state index in [0.29, 0.717) is 11.3 Å². The lowest BCUT2D eigenvalue weighted by Gasteiger charge is -2.11. The summed E-state index contributed by atoms with van der Waals surface area (Å²) < 4.78 is 45.0. The minimum absolute atomic E-state index is 0.274. The predicted molar refractivity (Wildman–Crippen MR) is 86.6 cm³/mol. The molecular weight excluding hydrogens is 358 g/mol. The molecule has 0 saturated heterocycles. The van der Waals surface area contributed by atoms with Gasteiger partial charge < -0.3 is 10.2 Å². The van der Waals surface area contributed by atoms with Crippen molar-refractivity contribution in [1.82, 2.24) is 0 Å². The first kappa shape index (κ1) is 20.9. The summed E-state index contributed by atoms with van der Waals surface area (Å²) in [6, 6.07) is 10.1. The van der Waals surface area contributed by atoms with Gasteiger partial charge in [-0.3, -0.25) is 5.32 Å². The number of benzene rings is 2. The molecule has 0 aromatic heterocycles. The molecule has 1 amide bonds. The second-order valence-corrected chi connectivity index (χ2v) is 5.25. The van der Waals surface area contributed by atoms with Crippen molar-refractivity contribution < 1.29 is 37.4 Å². The average molecular weight is 373 g/mol. The van der Waals surface area contributed by atoms with E-state index in [2.05, 4.69) is 5.32 Å². The third kappa shape index (κ3) is 6.08. The third-order valence-electron chi connectivity index (χ3n) is 3.13. The molecule has 0 heterocycles. The van der Waals surface area contributed by atoms with E-state index in [0.717, 1.165) is 16.7 Å². The van der Waals surface area contributed by atoms with Crippen LogP contribution >= 0.6 is 0 Å². The normalized spacial score (nSPS) is 10.5. The van der Waals surface area contributed by atoms with Gasteiger partial charge in [0.2, 0.25) is 0 Å². The highest BCUT2D eigenvalue weighted by molar-refractivity contribution is 5.90. The zero-order chi connectivity index (χ0) is 20.1. The summed E-state index contributed by atoms with van der Waals surface area (Å²) in [6.07, 6.45) is -6.20. The van der Waals surface area contributed by atoms with E-state index in [1.54, 1.807) is 25.1 Å². The van der Waals surface area contributed by atoms with E-state index >= 15 is 0 Å². The lowest BCUT2D eigenvalue weighted by Crippen LogP contribution is -2.21. The second kappa shape index (κ2) is 8.32. The molecule has 0 bridgehead atoms. The monoisotopic (exact) mass is 373 g/mol. The summed E-state index contributed by atoms with van der Waals surface area (Å²) in [7, 11) is 0. The summed E-state index contributed by atoms with van der Waals surface area (Å²) >= 11 is 0. The molecule has 0 saturated carbocycles. The van der Waals surface area contributed by atoms with E-state index in [9.17, 15) is 22.4 Å². The number of carboxylic acids is 1. The maximum Gasteiger partial charge on any atom is 0.490 e. The number of halogens is 4. The Labute approximate surface area is 145 Å². The van der Waals surface area contributed by atoms with Crippen molar-refractivity contribution in [3.8, 4) is 11.1 Å². The maximum absolute atomic E-state index is 13.3. The van der Waals surface area contributed by atoms with Crippen molar-refractivity contribution in [2.45, 2.75) is 20.0 Å². The molecule has 0 fully saturated rings. The molecule has 0 aliphatic heterocycles. The fourth-order valence-corrected chi connectivity index (χ4v) is 1.93. The highest BCUT2D eigenvalue weighted by atomic mass is 19.4. The standard InChI is InChI=1S/C15H14FNO2.C2HF3O2/c1-9-3-6-14(17-15(18)19)12(7-9)11-4-5-13(16)10(2)8-11;3-2(4,5)1(6)7/h3-8,17H,1-2H3,(H,18,19);(H,6,7). The zero-order valence-corrected chi connectivity index (χ0v) is 13.7. The first-order valence-electron chi connectivity index (χ1n) is 7.09. The van der Waals surface area contributed by atoms with Gasteiger partial charge in [-0.05, 0) is 49.2 Å². The molecule has 0 aliphatic rings. The van der Waals surface area contributed by atoms with E-state index in [1.165, 1.54) is 6.07 Å². The van der Waals surface area contributed by atoms with Crippen LogP contribution in [0.5, 0.6) is 0 Å². The molecule has 0 radical (unpaired) electrons. The highest BCUT2D eigenvalue weighted by Gasteiger charge is 2.38. The minimum Gasteiger partial charge on any atom is -0.475 e. The van der Waals surface area contributed by atoms with Crippen molar-refractivity contribution in [2.24, 2.45) is 0 Å². The van der Waals surface area contributed by atoms with E-state index in [1.807, 2.05) is 19.1 Å². The fourth-order valence-electron chi connectivity index (χ4n) is 1.93. The molecule has 3 N–H and O–H groups in total. The molecule has 5 nitrogen and oxygen atoms in total. The number of aryl methyl sites for hydroxylation is 2. The lowest BCUT2D eigenvalue weighted by atomic mass is 9.99. The Bertz CT molecular complexity index is 819. The first-order valence-corrected chi connectivity index (χ1v) is 7.09. The van der Waals surface area contributed by atoms with Gasteiger partial charge >= 0.3 is 18.2 Å². The molecule has 0 aliphatic carbocycles. The van der Waals surface area contributed by atoms with Crippen molar-refractivity contribution in [3.63, 3.8) is 0 Å². The Hall–Kier alpha value is -3.10. The number of nitrogens with one attached hydrogen (secondary N) is 1. The Morgan fingerprint density at radius 3 is 2.04 bits per heavy atom. The molecule has 2 aromatic rings. The van der Waals surface area contributed by atoms with Gasteiger partial charge in [0.15, 0.2) is 0 Å². The maximum atomic E-state index is 13.3. The van der Waals surface area contributed by atoms with Crippen LogP contribution in [0, 0.1) is 19.7 Å². The number of hydrogen-bond acceptors (Lipinski definition) is 2. The van der Waals surface area contributed by atoms with Crippen LogP contribution in [0.3, 0.4) is 0 Å². The number of carbonyl (C=O) groups is 2. The van der Waals surface area contributed by atoms with Crippen LogP contribution in [0.15, 0.2) is 36.4 Å².